The molecule has 3 rings (SSSR count). The van der Waals surface area contributed by atoms with Gasteiger partial charge in [0.05, 0.1) is 5.52 Å². The van der Waals surface area contributed by atoms with Gasteiger partial charge in [-0.2, -0.15) is 0 Å². The third-order valence-corrected chi connectivity index (χ3v) is 3.38. The predicted octanol–water partition coefficient (Wildman–Crippen LogP) is 2.06. The van der Waals surface area contributed by atoms with E-state index in [-0.39, 0.29) is 17.6 Å². The lowest BCUT2D eigenvalue weighted by atomic mass is 10.2. The fraction of sp³-hybridized carbons (Fsp3) is 0.312. The Morgan fingerprint density at radius 1 is 1.24 bits per heavy atom. The molecule has 1 aliphatic carbocycles. The zero-order chi connectivity index (χ0) is 14.8. The Hall–Kier alpha value is -2.43. The van der Waals surface area contributed by atoms with Gasteiger partial charge in [-0.1, -0.05) is 24.3 Å². The second-order valence-electron chi connectivity index (χ2n) is 5.22. The fourth-order valence-electron chi connectivity index (χ4n) is 2.00. The number of esters is 1. The highest BCUT2D eigenvalue weighted by molar-refractivity contribution is 5.93. The Balaban J connectivity index is 1.69. The standard InChI is InChI=1S/C16H16N2O3/c1-10(15(19)17-12-7-8-12)21-16(20)14-9-6-11-4-2-3-5-13(11)18-14/h2-6,9-10,12H,7-8H2,1H3,(H,17,19)/t10-/m0/s1. The first-order valence-electron chi connectivity index (χ1n) is 7.00. The summed E-state index contributed by atoms with van der Waals surface area (Å²) in [4.78, 5) is 28.1. The van der Waals surface area contributed by atoms with Gasteiger partial charge in [-0.05, 0) is 31.9 Å². The second kappa shape index (κ2) is 5.52. The molecular formula is C16H16N2O3. The number of nitrogens with one attached hydrogen (secondary N) is 1. The molecule has 1 N–H and O–H groups in total. The number of benzene rings is 1. The monoisotopic (exact) mass is 284 g/mol. The van der Waals surface area contributed by atoms with Crippen LogP contribution in [0.15, 0.2) is 36.4 Å². The number of carbonyl (C=O) groups excluding carboxylic acids is 2. The highest BCUT2D eigenvalue weighted by Gasteiger charge is 2.27. The van der Waals surface area contributed by atoms with Crippen molar-refractivity contribution in [2.24, 2.45) is 0 Å². The van der Waals surface area contributed by atoms with Gasteiger partial charge in [0, 0.05) is 11.4 Å². The summed E-state index contributed by atoms with van der Waals surface area (Å²) in [5.74, 6) is -0.842. The number of nitrogens with zero attached hydrogens (tertiary/aromatic N) is 1. The summed E-state index contributed by atoms with van der Waals surface area (Å²) in [5, 5.41) is 3.76. The van der Waals surface area contributed by atoms with E-state index in [9.17, 15) is 9.59 Å². The van der Waals surface area contributed by atoms with Gasteiger partial charge in [-0.15, -0.1) is 0 Å². The number of pyridine rings is 1. The van der Waals surface area contributed by atoms with Crippen molar-refractivity contribution in [1.82, 2.24) is 10.3 Å². The molecule has 1 saturated carbocycles. The summed E-state index contributed by atoms with van der Waals surface area (Å²) in [6.45, 7) is 1.57. The van der Waals surface area contributed by atoms with E-state index in [0.29, 0.717) is 0 Å². The molecule has 21 heavy (non-hydrogen) atoms. The number of fused-ring (bicyclic) bond motifs is 1. The van der Waals surface area contributed by atoms with E-state index >= 15 is 0 Å². The topological polar surface area (TPSA) is 68.3 Å². The molecule has 0 radical (unpaired) electrons. The first kappa shape index (κ1) is 13.5. The van der Waals surface area contributed by atoms with Gasteiger partial charge in [0.15, 0.2) is 6.10 Å². The summed E-state index contributed by atoms with van der Waals surface area (Å²) < 4.78 is 5.16. The van der Waals surface area contributed by atoms with Crippen LogP contribution in [-0.4, -0.2) is 29.0 Å². The largest absolute Gasteiger partial charge is 0.448 e. The average molecular weight is 284 g/mol. The van der Waals surface area contributed by atoms with Crippen molar-refractivity contribution in [3.05, 3.63) is 42.1 Å². The van der Waals surface area contributed by atoms with Gasteiger partial charge in [0.2, 0.25) is 0 Å². The molecule has 5 heteroatoms. The van der Waals surface area contributed by atoms with E-state index < -0.39 is 12.1 Å². The van der Waals surface area contributed by atoms with E-state index in [4.69, 9.17) is 4.74 Å². The number of ether oxygens (including phenoxy) is 1. The van der Waals surface area contributed by atoms with Crippen LogP contribution in [0.1, 0.15) is 30.3 Å². The maximum Gasteiger partial charge on any atom is 0.357 e. The second-order valence-corrected chi connectivity index (χ2v) is 5.22. The first-order valence-corrected chi connectivity index (χ1v) is 7.00. The number of para-hydroxylation sites is 1. The molecule has 0 unspecified atom stereocenters. The van der Waals surface area contributed by atoms with Gasteiger partial charge >= 0.3 is 5.97 Å². The number of hydrogen-bond donors (Lipinski definition) is 1. The molecule has 0 aliphatic heterocycles. The summed E-state index contributed by atoms with van der Waals surface area (Å²) in [7, 11) is 0. The smallest absolute Gasteiger partial charge is 0.357 e. The van der Waals surface area contributed by atoms with Crippen LogP contribution in [0.3, 0.4) is 0 Å². The third kappa shape index (κ3) is 3.18. The zero-order valence-corrected chi connectivity index (χ0v) is 11.7. The maximum atomic E-state index is 12.0. The summed E-state index contributed by atoms with van der Waals surface area (Å²) >= 11 is 0. The van der Waals surface area contributed by atoms with E-state index in [1.807, 2.05) is 30.3 Å². The molecule has 0 saturated heterocycles. The molecule has 1 aliphatic rings. The Morgan fingerprint density at radius 2 is 2.00 bits per heavy atom. The molecule has 1 aromatic heterocycles. The summed E-state index contributed by atoms with van der Waals surface area (Å²) in [6, 6.07) is 11.2. The Labute approximate surface area is 122 Å². The molecule has 1 aromatic carbocycles. The van der Waals surface area contributed by atoms with Crippen molar-refractivity contribution in [3.63, 3.8) is 0 Å². The van der Waals surface area contributed by atoms with E-state index in [1.165, 1.54) is 0 Å². The zero-order valence-electron chi connectivity index (χ0n) is 11.7. The van der Waals surface area contributed by atoms with E-state index in [1.54, 1.807) is 13.0 Å². The van der Waals surface area contributed by atoms with Crippen molar-refractivity contribution < 1.29 is 14.3 Å². The van der Waals surface area contributed by atoms with Gasteiger partial charge < -0.3 is 10.1 Å². The van der Waals surface area contributed by atoms with Gasteiger partial charge in [-0.25, -0.2) is 9.78 Å². The minimum absolute atomic E-state index is 0.208. The minimum atomic E-state index is -0.814. The molecular weight excluding hydrogens is 268 g/mol. The molecule has 108 valence electrons. The number of aromatic nitrogens is 1. The van der Waals surface area contributed by atoms with Crippen molar-refractivity contribution in [3.8, 4) is 0 Å². The first-order chi connectivity index (χ1) is 10.1. The predicted molar refractivity (Wildman–Crippen MR) is 77.8 cm³/mol. The Kier molecular flexibility index (Phi) is 3.56. The number of amides is 1. The molecule has 2 aromatic rings. The van der Waals surface area contributed by atoms with Crippen LogP contribution < -0.4 is 5.32 Å². The maximum absolute atomic E-state index is 12.0. The van der Waals surface area contributed by atoms with Crippen LogP contribution in [-0.2, 0) is 9.53 Å². The molecule has 0 bridgehead atoms. The average Bonchev–Trinajstić information content (AvgIpc) is 3.30. The van der Waals surface area contributed by atoms with Crippen LogP contribution in [0.2, 0.25) is 0 Å². The highest BCUT2D eigenvalue weighted by Crippen LogP contribution is 2.19. The number of hydrogen-bond acceptors (Lipinski definition) is 4. The number of carbonyl (C=O) groups is 2. The van der Waals surface area contributed by atoms with Crippen LogP contribution in [0, 0.1) is 0 Å². The van der Waals surface area contributed by atoms with Crippen LogP contribution in [0.25, 0.3) is 10.9 Å². The SMILES string of the molecule is C[C@H](OC(=O)c1ccc2ccccc2n1)C(=O)NC1CC1. The van der Waals surface area contributed by atoms with Crippen LogP contribution >= 0.6 is 0 Å². The van der Waals surface area contributed by atoms with E-state index in [2.05, 4.69) is 10.3 Å². The normalized spacial score (nSPS) is 15.5. The quantitative estimate of drug-likeness (QED) is 0.873. The van der Waals surface area contributed by atoms with Gasteiger partial charge in [0.25, 0.3) is 5.91 Å². The molecule has 1 heterocycles. The molecule has 0 spiro atoms. The number of rotatable bonds is 4. The Morgan fingerprint density at radius 3 is 2.76 bits per heavy atom. The summed E-state index contributed by atoms with van der Waals surface area (Å²) in [5.41, 5.74) is 0.932. The minimum Gasteiger partial charge on any atom is -0.448 e. The fourth-order valence-corrected chi connectivity index (χ4v) is 2.00. The van der Waals surface area contributed by atoms with E-state index in [0.717, 1.165) is 23.7 Å². The van der Waals surface area contributed by atoms with Crippen molar-refractivity contribution in [2.45, 2.75) is 31.9 Å². The van der Waals surface area contributed by atoms with Gasteiger partial charge in [-0.3, -0.25) is 4.79 Å². The lowest BCUT2D eigenvalue weighted by Crippen LogP contribution is -2.37. The van der Waals surface area contributed by atoms with Crippen molar-refractivity contribution in [2.75, 3.05) is 0 Å². The lowest BCUT2D eigenvalue weighted by Gasteiger charge is -2.13. The van der Waals surface area contributed by atoms with Crippen LogP contribution in [0.4, 0.5) is 0 Å². The Bertz CT molecular complexity index is 695. The highest BCUT2D eigenvalue weighted by atomic mass is 16.5. The third-order valence-electron chi connectivity index (χ3n) is 3.38. The lowest BCUT2D eigenvalue weighted by molar-refractivity contribution is -0.129. The molecule has 1 fully saturated rings. The van der Waals surface area contributed by atoms with Crippen molar-refractivity contribution >= 4 is 22.8 Å². The van der Waals surface area contributed by atoms with Crippen LogP contribution in [0.5, 0.6) is 0 Å². The van der Waals surface area contributed by atoms with Crippen molar-refractivity contribution in [1.29, 1.82) is 0 Å². The van der Waals surface area contributed by atoms with Gasteiger partial charge in [0.1, 0.15) is 5.69 Å². The summed E-state index contributed by atoms with van der Waals surface area (Å²) in [6.07, 6.45) is 1.18. The molecule has 1 atom stereocenters. The molecule has 1 amide bonds. The molecule has 5 nitrogen and oxygen atoms in total.